The summed E-state index contributed by atoms with van der Waals surface area (Å²) in [6.45, 7) is 12.9. The highest BCUT2D eigenvalue weighted by Gasteiger charge is 2.31. The van der Waals surface area contributed by atoms with Crippen molar-refractivity contribution < 1.29 is 27.8 Å². The molecule has 0 radical (unpaired) electrons. The summed E-state index contributed by atoms with van der Waals surface area (Å²) in [5, 5.41) is 13.8. The third-order valence-electron chi connectivity index (χ3n) is 5.72. The number of benzene rings is 3. The maximum atomic E-state index is 12.7. The zero-order chi connectivity index (χ0) is 25.5. The second-order valence-electron chi connectivity index (χ2n) is 10.4. The summed E-state index contributed by atoms with van der Waals surface area (Å²) >= 11 is 0. The fourth-order valence-electron chi connectivity index (χ4n) is 3.74. The number of hydrogen-bond acceptors (Lipinski definition) is 4. The van der Waals surface area contributed by atoms with Crippen LogP contribution in [0, 0.1) is 0 Å². The van der Waals surface area contributed by atoms with E-state index in [1.54, 1.807) is 18.2 Å². The highest BCUT2D eigenvalue weighted by Crippen LogP contribution is 2.41. The van der Waals surface area contributed by atoms with E-state index in [4.69, 9.17) is 9.47 Å². The molecule has 0 unspecified atom stereocenters. The minimum atomic E-state index is -4.45. The number of fused-ring (bicyclic) bond motifs is 2. The predicted octanol–water partition coefficient (Wildman–Crippen LogP) is 7.62. The standard InChI is InChI=1S/C15H15F3O.C12H17NO2/c1-14(2,3)10-5-4-9-6-11(15(16,17)18)8-13(19)12(9)7-10;1-12(2,3)8-5-10-11(15-7-14-10)6-9(8)13-4/h4-8,19H,1-3H3;5-6,13H,7H2,1-4H3. The van der Waals surface area contributed by atoms with Gasteiger partial charge in [-0.25, -0.2) is 0 Å². The number of phenolic OH excluding ortho intramolecular Hbond substituents is 1. The Bertz CT molecular complexity index is 1190. The molecular weight excluding hydrogens is 443 g/mol. The predicted molar refractivity (Wildman–Crippen MR) is 130 cm³/mol. The molecule has 0 bridgehead atoms. The first-order valence-electron chi connectivity index (χ1n) is 11.1. The van der Waals surface area contributed by atoms with E-state index in [2.05, 4.69) is 32.2 Å². The molecule has 3 aromatic carbocycles. The van der Waals surface area contributed by atoms with Gasteiger partial charge in [0, 0.05) is 24.2 Å². The number of hydrogen-bond donors (Lipinski definition) is 2. The van der Waals surface area contributed by atoms with Crippen molar-refractivity contribution >= 4 is 16.5 Å². The lowest BCUT2D eigenvalue weighted by Crippen LogP contribution is -2.13. The number of aromatic hydroxyl groups is 1. The molecule has 7 heteroatoms. The lowest BCUT2D eigenvalue weighted by atomic mass is 9.85. The van der Waals surface area contributed by atoms with E-state index in [0.29, 0.717) is 17.6 Å². The van der Waals surface area contributed by atoms with Crippen LogP contribution in [0.5, 0.6) is 17.2 Å². The van der Waals surface area contributed by atoms with E-state index < -0.39 is 11.7 Å². The first-order chi connectivity index (χ1) is 15.6. The van der Waals surface area contributed by atoms with Gasteiger partial charge in [0.2, 0.25) is 6.79 Å². The van der Waals surface area contributed by atoms with E-state index >= 15 is 0 Å². The van der Waals surface area contributed by atoms with E-state index in [1.807, 2.05) is 33.9 Å². The van der Waals surface area contributed by atoms with Gasteiger partial charge >= 0.3 is 6.18 Å². The van der Waals surface area contributed by atoms with Gasteiger partial charge in [-0.15, -0.1) is 0 Å². The van der Waals surface area contributed by atoms with Gasteiger partial charge in [-0.05, 0) is 51.6 Å². The Balaban J connectivity index is 0.000000196. The number of rotatable bonds is 1. The van der Waals surface area contributed by atoms with Gasteiger partial charge in [-0.1, -0.05) is 53.7 Å². The molecule has 4 rings (SSSR count). The van der Waals surface area contributed by atoms with Gasteiger partial charge in [0.15, 0.2) is 11.5 Å². The van der Waals surface area contributed by atoms with Crippen LogP contribution in [0.25, 0.3) is 10.8 Å². The Hall–Kier alpha value is -3.09. The molecule has 1 aliphatic rings. The Morgan fingerprint density at radius 1 is 0.794 bits per heavy atom. The second-order valence-corrected chi connectivity index (χ2v) is 10.4. The number of halogens is 3. The van der Waals surface area contributed by atoms with E-state index in [9.17, 15) is 18.3 Å². The van der Waals surface area contributed by atoms with Crippen molar-refractivity contribution in [1.82, 2.24) is 0 Å². The molecule has 2 N–H and O–H groups in total. The summed E-state index contributed by atoms with van der Waals surface area (Å²) in [5.41, 5.74) is 2.46. The summed E-state index contributed by atoms with van der Waals surface area (Å²) in [6, 6.07) is 11.0. The lowest BCUT2D eigenvalue weighted by Gasteiger charge is -2.23. The van der Waals surface area contributed by atoms with Crippen molar-refractivity contribution in [1.29, 1.82) is 0 Å². The normalized spacial score (nSPS) is 13.5. The Kier molecular flexibility index (Phi) is 6.71. The number of alkyl halides is 3. The quantitative estimate of drug-likeness (QED) is 0.380. The molecule has 0 atom stereocenters. The average molecular weight is 476 g/mol. The van der Waals surface area contributed by atoms with Gasteiger partial charge < -0.3 is 19.9 Å². The molecule has 0 saturated heterocycles. The molecule has 0 fully saturated rings. The molecule has 3 aromatic rings. The molecule has 1 aliphatic heterocycles. The Morgan fingerprint density at radius 3 is 1.94 bits per heavy atom. The number of nitrogens with one attached hydrogen (secondary N) is 1. The third kappa shape index (κ3) is 5.51. The van der Waals surface area contributed by atoms with E-state index in [0.717, 1.165) is 34.9 Å². The van der Waals surface area contributed by atoms with Crippen molar-refractivity contribution in [3.63, 3.8) is 0 Å². The molecule has 0 aromatic heterocycles. The van der Waals surface area contributed by atoms with Gasteiger partial charge in [0.1, 0.15) is 5.75 Å². The largest absolute Gasteiger partial charge is 0.507 e. The second kappa shape index (κ2) is 8.93. The number of ether oxygens (including phenoxy) is 2. The highest BCUT2D eigenvalue weighted by atomic mass is 19.4. The zero-order valence-electron chi connectivity index (χ0n) is 20.6. The van der Waals surface area contributed by atoms with Crippen LogP contribution in [0.2, 0.25) is 0 Å². The smallest absolute Gasteiger partial charge is 0.416 e. The van der Waals surface area contributed by atoms with E-state index in [-0.39, 0.29) is 16.6 Å². The van der Waals surface area contributed by atoms with Crippen molar-refractivity contribution in [3.05, 3.63) is 59.2 Å². The van der Waals surface area contributed by atoms with Crippen molar-refractivity contribution in [3.8, 4) is 17.2 Å². The minimum absolute atomic E-state index is 0.0966. The van der Waals surface area contributed by atoms with E-state index in [1.165, 1.54) is 5.56 Å². The highest BCUT2D eigenvalue weighted by molar-refractivity contribution is 5.89. The fourth-order valence-corrected chi connectivity index (χ4v) is 3.74. The maximum Gasteiger partial charge on any atom is 0.416 e. The summed E-state index contributed by atoms with van der Waals surface area (Å²) in [7, 11) is 1.92. The van der Waals surface area contributed by atoms with Crippen LogP contribution in [-0.4, -0.2) is 18.9 Å². The van der Waals surface area contributed by atoms with Crippen molar-refractivity contribution in [2.45, 2.75) is 58.5 Å². The molecule has 4 nitrogen and oxygen atoms in total. The van der Waals surface area contributed by atoms with Gasteiger partial charge in [-0.2, -0.15) is 13.2 Å². The van der Waals surface area contributed by atoms with Crippen LogP contribution < -0.4 is 14.8 Å². The lowest BCUT2D eigenvalue weighted by molar-refractivity contribution is -0.137. The summed E-state index contributed by atoms with van der Waals surface area (Å²) in [4.78, 5) is 0. The molecule has 0 aliphatic carbocycles. The monoisotopic (exact) mass is 475 g/mol. The number of phenols is 1. The Morgan fingerprint density at radius 2 is 1.41 bits per heavy atom. The first-order valence-corrected chi connectivity index (χ1v) is 11.1. The molecule has 0 amide bonds. The van der Waals surface area contributed by atoms with Crippen LogP contribution in [0.15, 0.2) is 42.5 Å². The molecule has 184 valence electrons. The molecule has 1 heterocycles. The third-order valence-corrected chi connectivity index (χ3v) is 5.72. The van der Waals surface area contributed by atoms with Crippen molar-refractivity contribution in [2.24, 2.45) is 0 Å². The van der Waals surface area contributed by atoms with Gasteiger partial charge in [-0.3, -0.25) is 0 Å². The molecular formula is C27H32F3NO3. The minimum Gasteiger partial charge on any atom is -0.507 e. The van der Waals surface area contributed by atoms with Crippen LogP contribution in [-0.2, 0) is 17.0 Å². The first kappa shape index (κ1) is 25.5. The van der Waals surface area contributed by atoms with Crippen LogP contribution >= 0.6 is 0 Å². The van der Waals surface area contributed by atoms with Crippen LogP contribution in [0.3, 0.4) is 0 Å². The molecule has 34 heavy (non-hydrogen) atoms. The molecule has 0 saturated carbocycles. The van der Waals surface area contributed by atoms with Gasteiger partial charge in [0.25, 0.3) is 0 Å². The Labute approximate surface area is 198 Å². The average Bonchev–Trinajstić information content (AvgIpc) is 3.18. The molecule has 0 spiro atoms. The summed E-state index contributed by atoms with van der Waals surface area (Å²) in [5.74, 6) is 1.34. The fraction of sp³-hybridized carbons (Fsp3) is 0.407. The topological polar surface area (TPSA) is 50.7 Å². The van der Waals surface area contributed by atoms with Crippen LogP contribution in [0.4, 0.5) is 18.9 Å². The van der Waals surface area contributed by atoms with Gasteiger partial charge in [0.05, 0.1) is 5.56 Å². The zero-order valence-corrected chi connectivity index (χ0v) is 20.6. The summed E-state index contributed by atoms with van der Waals surface area (Å²) < 4.78 is 48.7. The summed E-state index contributed by atoms with van der Waals surface area (Å²) in [6.07, 6.45) is -4.45. The van der Waals surface area contributed by atoms with Crippen molar-refractivity contribution in [2.75, 3.05) is 19.2 Å². The van der Waals surface area contributed by atoms with Crippen LogP contribution in [0.1, 0.15) is 58.2 Å². The number of anilines is 1. The maximum absolute atomic E-state index is 12.7. The SMILES string of the molecule is CC(C)(C)c1ccc2cc(C(F)(F)F)cc(O)c2c1.CNc1cc2c(cc1C(C)(C)C)OCO2.